The van der Waals surface area contributed by atoms with Crippen molar-refractivity contribution in [3.63, 3.8) is 0 Å². The summed E-state index contributed by atoms with van der Waals surface area (Å²) in [5, 5.41) is 0. The molecule has 0 aromatic heterocycles. The van der Waals surface area contributed by atoms with Gasteiger partial charge in [-0.3, -0.25) is 4.79 Å². The molecule has 0 atom stereocenters. The Balaban J connectivity index is 1.97. The van der Waals surface area contributed by atoms with E-state index < -0.39 is 9.84 Å². The number of amides is 1. The lowest BCUT2D eigenvalue weighted by Gasteiger charge is -2.22. The summed E-state index contributed by atoms with van der Waals surface area (Å²) < 4.78 is 24.1. The SMILES string of the molecule is CCN(C(=O)c1ccc2c(c1)CCCS2(=O)=O)c1ccccc1. The molecule has 2 aromatic carbocycles. The van der Waals surface area contributed by atoms with Crippen molar-refractivity contribution in [1.29, 1.82) is 0 Å². The van der Waals surface area contributed by atoms with Crippen molar-refractivity contribution in [2.75, 3.05) is 17.2 Å². The Bertz CT molecular complexity index is 829. The number of hydrogen-bond acceptors (Lipinski definition) is 3. The highest BCUT2D eigenvalue weighted by Gasteiger charge is 2.25. The molecule has 0 radical (unpaired) electrons. The maximum atomic E-state index is 12.8. The first kappa shape index (κ1) is 15.7. The van der Waals surface area contributed by atoms with Crippen molar-refractivity contribution in [2.24, 2.45) is 0 Å². The monoisotopic (exact) mass is 329 g/mol. The highest BCUT2D eigenvalue weighted by molar-refractivity contribution is 7.91. The Morgan fingerprint density at radius 2 is 1.87 bits per heavy atom. The van der Waals surface area contributed by atoms with Gasteiger partial charge < -0.3 is 4.90 Å². The Hall–Kier alpha value is -2.14. The van der Waals surface area contributed by atoms with Gasteiger partial charge in [-0.1, -0.05) is 18.2 Å². The Morgan fingerprint density at radius 1 is 1.13 bits per heavy atom. The third-order valence-corrected chi connectivity index (χ3v) is 6.03. The minimum Gasteiger partial charge on any atom is -0.309 e. The topological polar surface area (TPSA) is 54.5 Å². The number of benzene rings is 2. The molecule has 1 aliphatic rings. The zero-order valence-corrected chi connectivity index (χ0v) is 13.8. The molecule has 1 aliphatic heterocycles. The lowest BCUT2D eigenvalue weighted by molar-refractivity contribution is 0.0988. The molecule has 0 N–H and O–H groups in total. The van der Waals surface area contributed by atoms with Crippen LogP contribution in [0.5, 0.6) is 0 Å². The first-order valence-electron chi connectivity index (χ1n) is 7.75. The molecule has 0 aliphatic carbocycles. The van der Waals surface area contributed by atoms with Gasteiger partial charge in [0.2, 0.25) is 0 Å². The largest absolute Gasteiger partial charge is 0.309 e. The van der Waals surface area contributed by atoms with Crippen molar-refractivity contribution >= 4 is 21.4 Å². The van der Waals surface area contributed by atoms with E-state index in [1.807, 2.05) is 37.3 Å². The van der Waals surface area contributed by atoms with Crippen molar-refractivity contribution in [3.8, 4) is 0 Å². The van der Waals surface area contributed by atoms with Gasteiger partial charge in [0, 0.05) is 17.8 Å². The predicted molar refractivity (Wildman–Crippen MR) is 90.6 cm³/mol. The molecule has 1 amide bonds. The molecule has 3 rings (SSSR count). The van der Waals surface area contributed by atoms with Crippen molar-refractivity contribution in [2.45, 2.75) is 24.7 Å². The molecule has 0 spiro atoms. The molecule has 4 nitrogen and oxygen atoms in total. The lowest BCUT2D eigenvalue weighted by atomic mass is 10.0. The van der Waals surface area contributed by atoms with E-state index in [-0.39, 0.29) is 11.7 Å². The summed E-state index contributed by atoms with van der Waals surface area (Å²) in [4.78, 5) is 14.9. The second-order valence-electron chi connectivity index (χ2n) is 5.63. The normalized spacial score (nSPS) is 15.7. The van der Waals surface area contributed by atoms with Crippen LogP contribution in [-0.2, 0) is 16.3 Å². The van der Waals surface area contributed by atoms with Crippen LogP contribution in [0.25, 0.3) is 0 Å². The van der Waals surface area contributed by atoms with Crippen LogP contribution in [0, 0.1) is 0 Å². The third kappa shape index (κ3) is 3.01. The molecule has 0 saturated heterocycles. The molecule has 2 aromatic rings. The zero-order chi connectivity index (χ0) is 16.4. The molecule has 1 heterocycles. The van der Waals surface area contributed by atoms with E-state index in [9.17, 15) is 13.2 Å². The molecule has 0 saturated carbocycles. The Labute approximate surface area is 136 Å². The van der Waals surface area contributed by atoms with Crippen molar-refractivity contribution < 1.29 is 13.2 Å². The fourth-order valence-corrected chi connectivity index (χ4v) is 4.56. The highest BCUT2D eigenvalue weighted by atomic mass is 32.2. The average Bonchev–Trinajstić information content (AvgIpc) is 2.56. The van der Waals surface area contributed by atoms with Crippen LogP contribution < -0.4 is 4.90 Å². The summed E-state index contributed by atoms with van der Waals surface area (Å²) >= 11 is 0. The van der Waals surface area contributed by atoms with E-state index in [1.165, 1.54) is 0 Å². The maximum absolute atomic E-state index is 12.8. The van der Waals surface area contributed by atoms with E-state index in [4.69, 9.17) is 0 Å². The fraction of sp³-hybridized carbons (Fsp3) is 0.278. The fourth-order valence-electron chi connectivity index (χ4n) is 2.98. The summed E-state index contributed by atoms with van der Waals surface area (Å²) in [6, 6.07) is 14.4. The summed E-state index contributed by atoms with van der Waals surface area (Å²) in [7, 11) is -3.19. The van der Waals surface area contributed by atoms with Crippen molar-refractivity contribution in [1.82, 2.24) is 0 Å². The molecule has 0 fully saturated rings. The first-order chi connectivity index (χ1) is 11.0. The van der Waals surface area contributed by atoms with E-state index in [2.05, 4.69) is 0 Å². The van der Waals surface area contributed by atoms with Crippen LogP contribution in [-0.4, -0.2) is 26.6 Å². The number of para-hydroxylation sites is 1. The molecule has 5 heteroatoms. The van der Waals surface area contributed by atoms with Gasteiger partial charge in [0.25, 0.3) is 5.91 Å². The summed E-state index contributed by atoms with van der Waals surface area (Å²) in [5.74, 6) is 0.0859. The van der Waals surface area contributed by atoms with Crippen LogP contribution in [0.2, 0.25) is 0 Å². The number of sulfone groups is 1. The lowest BCUT2D eigenvalue weighted by Crippen LogP contribution is -2.31. The van der Waals surface area contributed by atoms with Gasteiger partial charge in [0.05, 0.1) is 10.6 Å². The van der Waals surface area contributed by atoms with Gasteiger partial charge in [-0.05, 0) is 55.7 Å². The molecule has 0 unspecified atom stereocenters. The minimum absolute atomic E-state index is 0.107. The van der Waals surface area contributed by atoms with Gasteiger partial charge in [-0.2, -0.15) is 0 Å². The van der Waals surface area contributed by atoms with E-state index in [0.717, 1.165) is 11.3 Å². The van der Waals surface area contributed by atoms with E-state index in [1.54, 1.807) is 23.1 Å². The van der Waals surface area contributed by atoms with Crippen LogP contribution in [0.3, 0.4) is 0 Å². The Kier molecular flexibility index (Phi) is 4.22. The van der Waals surface area contributed by atoms with Gasteiger partial charge in [0.15, 0.2) is 9.84 Å². The molecular formula is C18H19NO3S. The molecule has 120 valence electrons. The number of carbonyl (C=O) groups excluding carboxylic acids is 1. The van der Waals surface area contributed by atoms with Crippen LogP contribution in [0.15, 0.2) is 53.4 Å². The summed E-state index contributed by atoms with van der Waals surface area (Å²) in [5.41, 5.74) is 2.13. The quantitative estimate of drug-likeness (QED) is 0.869. The minimum atomic E-state index is -3.19. The van der Waals surface area contributed by atoms with E-state index >= 15 is 0 Å². The van der Waals surface area contributed by atoms with E-state index in [0.29, 0.717) is 29.8 Å². The number of fused-ring (bicyclic) bond motifs is 1. The standard InChI is InChI=1S/C18H19NO3S/c1-2-19(16-8-4-3-5-9-16)18(20)15-10-11-17-14(13-15)7-6-12-23(17,21)22/h3-5,8-11,13H,2,6-7,12H2,1H3. The molecule has 23 heavy (non-hydrogen) atoms. The van der Waals surface area contributed by atoms with Crippen LogP contribution >= 0.6 is 0 Å². The number of rotatable bonds is 3. The molecular weight excluding hydrogens is 310 g/mol. The average molecular weight is 329 g/mol. The predicted octanol–water partition coefficient (Wildman–Crippen LogP) is 3.07. The van der Waals surface area contributed by atoms with Gasteiger partial charge in [0.1, 0.15) is 0 Å². The second kappa shape index (κ2) is 6.16. The smallest absolute Gasteiger partial charge is 0.258 e. The number of hydrogen-bond donors (Lipinski definition) is 0. The highest BCUT2D eigenvalue weighted by Crippen LogP contribution is 2.27. The third-order valence-electron chi connectivity index (χ3n) is 4.13. The Morgan fingerprint density at radius 3 is 2.57 bits per heavy atom. The van der Waals surface area contributed by atoms with Crippen molar-refractivity contribution in [3.05, 3.63) is 59.7 Å². The van der Waals surface area contributed by atoms with Gasteiger partial charge >= 0.3 is 0 Å². The number of nitrogens with zero attached hydrogens (tertiary/aromatic N) is 1. The van der Waals surface area contributed by atoms with Gasteiger partial charge in [-0.15, -0.1) is 0 Å². The summed E-state index contributed by atoms with van der Waals surface area (Å²) in [6.45, 7) is 2.48. The number of anilines is 1. The molecule has 0 bridgehead atoms. The second-order valence-corrected chi connectivity index (χ2v) is 7.71. The van der Waals surface area contributed by atoms with Crippen LogP contribution in [0.1, 0.15) is 29.3 Å². The van der Waals surface area contributed by atoms with Gasteiger partial charge in [-0.25, -0.2) is 8.42 Å². The first-order valence-corrected chi connectivity index (χ1v) is 9.41. The van der Waals surface area contributed by atoms with Crippen LogP contribution in [0.4, 0.5) is 5.69 Å². The number of carbonyl (C=O) groups is 1. The number of aryl methyl sites for hydroxylation is 1. The zero-order valence-electron chi connectivity index (χ0n) is 13.0. The summed E-state index contributed by atoms with van der Waals surface area (Å²) in [6.07, 6.45) is 1.32. The maximum Gasteiger partial charge on any atom is 0.258 e.